The number of aromatic nitrogens is 3. The molecule has 1 atom stereocenters. The van der Waals surface area contributed by atoms with Crippen LogP contribution in [0.3, 0.4) is 0 Å². The molecular weight excluding hydrogens is 531 g/mol. The van der Waals surface area contributed by atoms with Crippen molar-refractivity contribution in [3.8, 4) is 0 Å². The molecule has 9 nitrogen and oxygen atoms in total. The van der Waals surface area contributed by atoms with E-state index in [0.29, 0.717) is 33.0 Å². The molecule has 12 heteroatoms. The Hall–Kier alpha value is -2.70. The van der Waals surface area contributed by atoms with Gasteiger partial charge in [0.2, 0.25) is 5.91 Å². The van der Waals surface area contributed by atoms with Gasteiger partial charge in [0.15, 0.2) is 11.0 Å². The van der Waals surface area contributed by atoms with E-state index in [-0.39, 0.29) is 30.9 Å². The lowest BCUT2D eigenvalue weighted by atomic mass is 10.1. The maximum atomic E-state index is 13.2. The van der Waals surface area contributed by atoms with Crippen LogP contribution < -0.4 is 10.6 Å². The van der Waals surface area contributed by atoms with E-state index >= 15 is 0 Å². The fourth-order valence-electron chi connectivity index (χ4n) is 4.07. The van der Waals surface area contributed by atoms with Gasteiger partial charge in [0.25, 0.3) is 5.91 Å². The number of fused-ring (bicyclic) bond motifs is 1. The number of hydrogen-bond acceptors (Lipinski definition) is 9. The van der Waals surface area contributed by atoms with Crippen molar-refractivity contribution in [1.82, 2.24) is 20.1 Å². The minimum atomic E-state index is -0.481. The van der Waals surface area contributed by atoms with E-state index in [0.717, 1.165) is 42.5 Å². The number of thiophene rings is 2. The smallest absolute Gasteiger partial charge is 0.341 e. The standard InChI is InChI=1S/C25H31N5O4S3/c1-4-6-12-30-19(14-26-22(32)18-11-8-13-35-18)28-29-25(30)36-15(3)21(31)27-23-20(24(33)34-5-2)16-9-7-10-17(16)37-23/h8,11,13,15H,4-7,9-10,12,14H2,1-3H3,(H,26,32)(H,27,31)/t15-/m0/s1. The third-order valence-electron chi connectivity index (χ3n) is 5.97. The van der Waals surface area contributed by atoms with Crippen LogP contribution in [0.5, 0.6) is 0 Å². The summed E-state index contributed by atoms with van der Waals surface area (Å²) in [7, 11) is 0. The van der Waals surface area contributed by atoms with Gasteiger partial charge in [-0.25, -0.2) is 4.79 Å². The van der Waals surface area contributed by atoms with Gasteiger partial charge in [-0.15, -0.1) is 32.9 Å². The summed E-state index contributed by atoms with van der Waals surface area (Å²) in [5.74, 6) is -0.103. The fourth-order valence-corrected chi connectivity index (χ4v) is 6.88. The predicted octanol–water partition coefficient (Wildman–Crippen LogP) is 4.92. The molecule has 1 aliphatic rings. The summed E-state index contributed by atoms with van der Waals surface area (Å²) in [5.41, 5.74) is 1.51. The van der Waals surface area contributed by atoms with E-state index in [2.05, 4.69) is 27.8 Å². The third-order valence-corrected chi connectivity index (χ3v) is 9.13. The molecule has 3 aromatic heterocycles. The van der Waals surface area contributed by atoms with Crippen LogP contribution in [-0.4, -0.2) is 44.4 Å². The Morgan fingerprint density at radius 1 is 1.24 bits per heavy atom. The monoisotopic (exact) mass is 561 g/mol. The van der Waals surface area contributed by atoms with Crippen molar-refractivity contribution in [3.63, 3.8) is 0 Å². The summed E-state index contributed by atoms with van der Waals surface area (Å²) < 4.78 is 7.24. The van der Waals surface area contributed by atoms with Gasteiger partial charge in [-0.1, -0.05) is 31.2 Å². The highest BCUT2D eigenvalue weighted by Gasteiger charge is 2.29. The normalized spacial score (nSPS) is 13.3. The fraction of sp³-hybridized carbons (Fsp3) is 0.480. The van der Waals surface area contributed by atoms with Crippen LogP contribution in [0.25, 0.3) is 0 Å². The number of hydrogen-bond donors (Lipinski definition) is 2. The van der Waals surface area contributed by atoms with E-state index < -0.39 is 5.25 Å². The van der Waals surface area contributed by atoms with Crippen molar-refractivity contribution in [2.45, 2.75) is 76.4 Å². The lowest BCUT2D eigenvalue weighted by Crippen LogP contribution is -2.25. The van der Waals surface area contributed by atoms with Crippen LogP contribution >= 0.6 is 34.4 Å². The van der Waals surface area contributed by atoms with Gasteiger partial charge in [-0.3, -0.25) is 9.59 Å². The zero-order valence-corrected chi connectivity index (χ0v) is 23.6. The molecule has 4 rings (SSSR count). The Bertz CT molecular complexity index is 1250. The number of carbonyl (C=O) groups is 3. The summed E-state index contributed by atoms with van der Waals surface area (Å²) in [6.45, 7) is 6.91. The highest BCUT2D eigenvalue weighted by atomic mass is 32.2. The largest absolute Gasteiger partial charge is 0.462 e. The van der Waals surface area contributed by atoms with E-state index in [9.17, 15) is 14.4 Å². The van der Waals surface area contributed by atoms with E-state index in [1.165, 1.54) is 34.4 Å². The minimum Gasteiger partial charge on any atom is -0.462 e. The van der Waals surface area contributed by atoms with E-state index in [1.807, 2.05) is 22.9 Å². The molecule has 3 aromatic rings. The summed E-state index contributed by atoms with van der Waals surface area (Å²) in [5, 5.41) is 17.1. The molecule has 0 unspecified atom stereocenters. The van der Waals surface area contributed by atoms with Gasteiger partial charge in [-0.05, 0) is 56.5 Å². The number of ether oxygens (including phenoxy) is 1. The van der Waals surface area contributed by atoms with Crippen LogP contribution in [0.1, 0.15) is 76.3 Å². The number of amides is 2. The average Bonchev–Trinajstić information content (AvgIpc) is 3.66. The summed E-state index contributed by atoms with van der Waals surface area (Å²) in [6.07, 6.45) is 4.66. The molecule has 37 heavy (non-hydrogen) atoms. The SMILES string of the molecule is CCCCn1c(CNC(=O)c2cccs2)nnc1S[C@@H](C)C(=O)Nc1sc2c(c1C(=O)OCC)CCC2. The summed E-state index contributed by atoms with van der Waals surface area (Å²) in [4.78, 5) is 40.0. The molecule has 0 radical (unpaired) electrons. The quantitative estimate of drug-likeness (QED) is 0.238. The predicted molar refractivity (Wildman–Crippen MR) is 147 cm³/mol. The Morgan fingerprint density at radius 2 is 2.08 bits per heavy atom. The Labute approximate surface area is 228 Å². The molecule has 0 fully saturated rings. The molecule has 198 valence electrons. The maximum Gasteiger partial charge on any atom is 0.341 e. The van der Waals surface area contributed by atoms with Gasteiger partial charge >= 0.3 is 5.97 Å². The second-order valence-electron chi connectivity index (χ2n) is 8.60. The molecule has 2 N–H and O–H groups in total. The summed E-state index contributed by atoms with van der Waals surface area (Å²) >= 11 is 4.16. The number of nitrogens with one attached hydrogen (secondary N) is 2. The minimum absolute atomic E-state index is 0.151. The average molecular weight is 562 g/mol. The molecule has 0 bridgehead atoms. The number of thioether (sulfide) groups is 1. The molecule has 2 amide bonds. The third kappa shape index (κ3) is 6.42. The molecule has 0 aromatic carbocycles. The zero-order chi connectivity index (χ0) is 26.4. The van der Waals surface area contributed by atoms with Gasteiger partial charge in [0, 0.05) is 11.4 Å². The van der Waals surface area contributed by atoms with Crippen LogP contribution in [0.4, 0.5) is 5.00 Å². The first-order chi connectivity index (χ1) is 17.9. The zero-order valence-electron chi connectivity index (χ0n) is 21.2. The van der Waals surface area contributed by atoms with Crippen molar-refractivity contribution in [1.29, 1.82) is 0 Å². The van der Waals surface area contributed by atoms with Gasteiger partial charge in [0.05, 0.1) is 28.8 Å². The second kappa shape index (κ2) is 12.7. The second-order valence-corrected chi connectivity index (χ2v) is 12.0. The van der Waals surface area contributed by atoms with Crippen molar-refractivity contribution in [2.24, 2.45) is 0 Å². The molecule has 1 aliphatic carbocycles. The van der Waals surface area contributed by atoms with Crippen molar-refractivity contribution in [2.75, 3.05) is 11.9 Å². The summed E-state index contributed by atoms with van der Waals surface area (Å²) in [6, 6.07) is 3.61. The van der Waals surface area contributed by atoms with Crippen molar-refractivity contribution >= 4 is 57.2 Å². The topological polar surface area (TPSA) is 115 Å². The highest BCUT2D eigenvalue weighted by molar-refractivity contribution is 8.00. The van der Waals surface area contributed by atoms with Crippen LogP contribution in [-0.2, 0) is 35.5 Å². The van der Waals surface area contributed by atoms with Crippen LogP contribution in [0.2, 0.25) is 0 Å². The van der Waals surface area contributed by atoms with Gasteiger partial charge in [0.1, 0.15) is 5.00 Å². The molecule has 0 saturated heterocycles. The lowest BCUT2D eigenvalue weighted by molar-refractivity contribution is -0.115. The maximum absolute atomic E-state index is 13.2. The van der Waals surface area contributed by atoms with Gasteiger partial charge in [-0.2, -0.15) is 0 Å². The molecule has 3 heterocycles. The van der Waals surface area contributed by atoms with E-state index in [4.69, 9.17) is 4.74 Å². The number of esters is 1. The highest BCUT2D eigenvalue weighted by Crippen LogP contribution is 2.40. The molecule has 0 saturated carbocycles. The first kappa shape index (κ1) is 27.3. The van der Waals surface area contributed by atoms with Gasteiger partial charge < -0.3 is 19.9 Å². The molecule has 0 spiro atoms. The number of aryl methyl sites for hydroxylation is 1. The molecular formula is C25H31N5O4S3. The Balaban J connectivity index is 1.45. The van der Waals surface area contributed by atoms with Crippen molar-refractivity contribution in [3.05, 3.63) is 44.2 Å². The first-order valence-electron chi connectivity index (χ1n) is 12.5. The van der Waals surface area contributed by atoms with Crippen LogP contribution in [0.15, 0.2) is 22.7 Å². The number of rotatable bonds is 12. The lowest BCUT2D eigenvalue weighted by Gasteiger charge is -2.14. The number of anilines is 1. The number of unbranched alkanes of at least 4 members (excludes halogenated alkanes) is 1. The first-order valence-corrected chi connectivity index (χ1v) is 15.0. The van der Waals surface area contributed by atoms with Crippen LogP contribution in [0, 0.1) is 0 Å². The van der Waals surface area contributed by atoms with E-state index in [1.54, 1.807) is 13.0 Å². The van der Waals surface area contributed by atoms with Crippen molar-refractivity contribution < 1.29 is 19.1 Å². The number of carbonyl (C=O) groups excluding carboxylic acids is 3. The molecule has 0 aliphatic heterocycles. The Morgan fingerprint density at radius 3 is 2.81 bits per heavy atom. The number of nitrogens with zero attached hydrogens (tertiary/aromatic N) is 3. The Kier molecular flexibility index (Phi) is 9.38.